The van der Waals surface area contributed by atoms with Gasteiger partial charge in [0.1, 0.15) is 5.75 Å². The van der Waals surface area contributed by atoms with Crippen LogP contribution in [0.4, 0.5) is 5.13 Å². The van der Waals surface area contributed by atoms with Crippen molar-refractivity contribution in [1.29, 1.82) is 0 Å². The molecule has 2 aromatic rings. The lowest BCUT2D eigenvalue weighted by Gasteiger charge is -2.09. The Labute approximate surface area is 124 Å². The van der Waals surface area contributed by atoms with Crippen LogP contribution < -0.4 is 10.1 Å². The lowest BCUT2D eigenvalue weighted by molar-refractivity contribution is -0.136. The minimum atomic E-state index is -0.951. The van der Waals surface area contributed by atoms with E-state index in [0.29, 0.717) is 17.2 Å². The van der Waals surface area contributed by atoms with Crippen molar-refractivity contribution in [2.75, 3.05) is 5.32 Å². The van der Waals surface area contributed by atoms with Crippen LogP contribution in [0.2, 0.25) is 0 Å². The molecule has 108 valence electrons. The third kappa shape index (κ3) is 3.03. The van der Waals surface area contributed by atoms with Gasteiger partial charge in [0.05, 0.1) is 12.1 Å². The van der Waals surface area contributed by atoms with Gasteiger partial charge in [0.15, 0.2) is 11.2 Å². The molecular formula is C14H12N2O4S. The maximum absolute atomic E-state index is 12.1. The molecule has 1 aliphatic heterocycles. The van der Waals surface area contributed by atoms with Crippen LogP contribution in [-0.2, 0) is 22.4 Å². The smallest absolute Gasteiger partial charge is 0.309 e. The van der Waals surface area contributed by atoms with Gasteiger partial charge < -0.3 is 9.84 Å². The first kappa shape index (κ1) is 13.6. The number of benzene rings is 1. The molecule has 0 saturated carbocycles. The summed E-state index contributed by atoms with van der Waals surface area (Å²) in [5, 5.41) is 13.4. The quantitative estimate of drug-likeness (QED) is 0.897. The molecule has 2 N–H and O–H groups in total. The van der Waals surface area contributed by atoms with Gasteiger partial charge in [0.25, 0.3) is 5.91 Å². The lowest BCUT2D eigenvalue weighted by atomic mass is 10.1. The SMILES string of the molecule is O=C(O)Cc1csc(NC(=O)C2Cc3ccccc3O2)n1. The maximum atomic E-state index is 12.1. The molecule has 21 heavy (non-hydrogen) atoms. The second kappa shape index (κ2) is 5.53. The minimum absolute atomic E-state index is 0.155. The zero-order valence-electron chi connectivity index (χ0n) is 10.9. The van der Waals surface area contributed by atoms with Crippen LogP contribution in [0.1, 0.15) is 11.3 Å². The van der Waals surface area contributed by atoms with Gasteiger partial charge >= 0.3 is 5.97 Å². The average molecular weight is 304 g/mol. The van der Waals surface area contributed by atoms with Gasteiger partial charge in [-0.1, -0.05) is 18.2 Å². The van der Waals surface area contributed by atoms with E-state index in [9.17, 15) is 9.59 Å². The van der Waals surface area contributed by atoms with Gasteiger partial charge in [-0.25, -0.2) is 4.98 Å². The zero-order valence-corrected chi connectivity index (χ0v) is 11.7. The van der Waals surface area contributed by atoms with Crippen LogP contribution in [-0.4, -0.2) is 28.1 Å². The van der Waals surface area contributed by atoms with Gasteiger partial charge in [-0.2, -0.15) is 0 Å². The first-order chi connectivity index (χ1) is 10.1. The Hall–Kier alpha value is -2.41. The summed E-state index contributed by atoms with van der Waals surface area (Å²) in [4.78, 5) is 26.8. The van der Waals surface area contributed by atoms with Crippen molar-refractivity contribution in [3.63, 3.8) is 0 Å². The molecule has 1 unspecified atom stereocenters. The number of hydrogen-bond donors (Lipinski definition) is 2. The summed E-state index contributed by atoms with van der Waals surface area (Å²) in [6.45, 7) is 0. The number of rotatable bonds is 4. The summed E-state index contributed by atoms with van der Waals surface area (Å²) in [7, 11) is 0. The highest BCUT2D eigenvalue weighted by Gasteiger charge is 2.29. The zero-order chi connectivity index (χ0) is 14.8. The van der Waals surface area contributed by atoms with Crippen LogP contribution in [0.15, 0.2) is 29.6 Å². The number of fused-ring (bicyclic) bond motifs is 1. The van der Waals surface area contributed by atoms with Gasteiger partial charge in [-0.15, -0.1) is 11.3 Å². The minimum Gasteiger partial charge on any atom is -0.481 e. The van der Waals surface area contributed by atoms with Gasteiger partial charge in [-0.05, 0) is 11.6 Å². The summed E-state index contributed by atoms with van der Waals surface area (Å²) >= 11 is 1.20. The fraction of sp³-hybridized carbons (Fsp3) is 0.214. The molecular weight excluding hydrogens is 292 g/mol. The molecule has 6 nitrogen and oxygen atoms in total. The first-order valence-corrected chi connectivity index (χ1v) is 7.21. The van der Waals surface area contributed by atoms with E-state index in [1.54, 1.807) is 5.38 Å². The fourth-order valence-electron chi connectivity index (χ4n) is 2.11. The predicted octanol–water partition coefficient (Wildman–Crippen LogP) is 1.71. The van der Waals surface area contributed by atoms with Crippen molar-refractivity contribution in [1.82, 2.24) is 4.98 Å². The molecule has 1 aliphatic rings. The summed E-state index contributed by atoms with van der Waals surface area (Å²) in [6, 6.07) is 7.52. The molecule has 0 fully saturated rings. The molecule has 7 heteroatoms. The van der Waals surface area contributed by atoms with Crippen LogP contribution in [0.5, 0.6) is 5.75 Å². The highest BCUT2D eigenvalue weighted by molar-refractivity contribution is 7.13. The molecule has 1 atom stereocenters. The van der Waals surface area contributed by atoms with Crippen molar-refractivity contribution in [3.05, 3.63) is 40.9 Å². The summed E-state index contributed by atoms with van der Waals surface area (Å²) in [6.07, 6.45) is -0.207. The second-order valence-electron chi connectivity index (χ2n) is 4.62. The van der Waals surface area contributed by atoms with E-state index in [-0.39, 0.29) is 12.3 Å². The number of amides is 1. The highest BCUT2D eigenvalue weighted by atomic mass is 32.1. The number of carboxylic acids is 1. The van der Waals surface area contributed by atoms with Crippen molar-refractivity contribution in [3.8, 4) is 5.75 Å². The Morgan fingerprint density at radius 1 is 1.43 bits per heavy atom. The maximum Gasteiger partial charge on any atom is 0.309 e. The molecule has 3 rings (SSSR count). The highest BCUT2D eigenvalue weighted by Crippen LogP contribution is 2.28. The van der Waals surface area contributed by atoms with E-state index >= 15 is 0 Å². The average Bonchev–Trinajstić information content (AvgIpc) is 3.04. The third-order valence-corrected chi connectivity index (χ3v) is 3.86. The van der Waals surface area contributed by atoms with E-state index in [1.807, 2.05) is 24.3 Å². The summed E-state index contributed by atoms with van der Waals surface area (Å²) < 4.78 is 5.58. The first-order valence-electron chi connectivity index (χ1n) is 6.33. The van der Waals surface area contributed by atoms with Crippen LogP contribution in [0, 0.1) is 0 Å². The normalized spacial score (nSPS) is 16.1. The van der Waals surface area contributed by atoms with Gasteiger partial charge in [0, 0.05) is 11.8 Å². The van der Waals surface area contributed by atoms with Gasteiger partial charge in [0.2, 0.25) is 0 Å². The van der Waals surface area contributed by atoms with Gasteiger partial charge in [-0.3, -0.25) is 14.9 Å². The molecule has 1 amide bonds. The van der Waals surface area contributed by atoms with Crippen molar-refractivity contribution >= 4 is 28.3 Å². The second-order valence-corrected chi connectivity index (χ2v) is 5.48. The topological polar surface area (TPSA) is 88.5 Å². The van der Waals surface area contributed by atoms with E-state index in [4.69, 9.17) is 9.84 Å². The molecule has 0 aliphatic carbocycles. The Bertz CT molecular complexity index is 673. The number of anilines is 1. The fourth-order valence-corrected chi connectivity index (χ4v) is 2.83. The number of nitrogens with one attached hydrogen (secondary N) is 1. The summed E-state index contributed by atoms with van der Waals surface area (Å²) in [5.41, 5.74) is 1.43. The number of carbonyl (C=O) groups is 2. The van der Waals surface area contributed by atoms with Crippen molar-refractivity contribution < 1.29 is 19.4 Å². The molecule has 1 aromatic carbocycles. The number of para-hydroxylation sites is 1. The van der Waals surface area contributed by atoms with Crippen LogP contribution in [0.25, 0.3) is 0 Å². The van der Waals surface area contributed by atoms with Crippen LogP contribution >= 0.6 is 11.3 Å². The number of nitrogens with zero attached hydrogens (tertiary/aromatic N) is 1. The van der Waals surface area contributed by atoms with E-state index < -0.39 is 12.1 Å². The molecule has 0 saturated heterocycles. The van der Waals surface area contributed by atoms with E-state index in [0.717, 1.165) is 11.3 Å². The summed E-state index contributed by atoms with van der Waals surface area (Å²) in [5.74, 6) is -0.501. The van der Waals surface area contributed by atoms with Crippen molar-refractivity contribution in [2.45, 2.75) is 18.9 Å². The molecule has 0 spiro atoms. The molecule has 2 heterocycles. The Kier molecular flexibility index (Phi) is 3.57. The molecule has 0 bridgehead atoms. The number of hydrogen-bond acceptors (Lipinski definition) is 5. The number of carbonyl (C=O) groups excluding carboxylic acids is 1. The number of aromatic nitrogens is 1. The standard InChI is InChI=1S/C14H12N2O4S/c17-12(18)6-9-7-21-14(15-9)16-13(19)11-5-8-3-1-2-4-10(8)20-11/h1-4,7,11H,5-6H2,(H,17,18)(H,15,16,19). The third-order valence-electron chi connectivity index (χ3n) is 3.05. The van der Waals surface area contributed by atoms with Crippen molar-refractivity contribution in [2.24, 2.45) is 0 Å². The number of thiazole rings is 1. The van der Waals surface area contributed by atoms with E-state index in [2.05, 4.69) is 10.3 Å². The molecule has 0 radical (unpaired) electrons. The Balaban J connectivity index is 1.63. The monoisotopic (exact) mass is 304 g/mol. The number of ether oxygens (including phenoxy) is 1. The number of aliphatic carboxylic acids is 1. The Morgan fingerprint density at radius 2 is 2.24 bits per heavy atom. The lowest BCUT2D eigenvalue weighted by Crippen LogP contribution is -2.31. The van der Waals surface area contributed by atoms with E-state index in [1.165, 1.54) is 11.3 Å². The largest absolute Gasteiger partial charge is 0.481 e. The predicted molar refractivity (Wildman–Crippen MR) is 76.6 cm³/mol. The number of carboxylic acid groups (broad SMARTS) is 1. The Morgan fingerprint density at radius 3 is 3.00 bits per heavy atom. The molecule has 1 aromatic heterocycles. The van der Waals surface area contributed by atoms with Crippen LogP contribution in [0.3, 0.4) is 0 Å².